The van der Waals surface area contributed by atoms with Gasteiger partial charge in [0.25, 0.3) is 11.5 Å². The number of carboxylic acid groups (broad SMARTS) is 1. The summed E-state index contributed by atoms with van der Waals surface area (Å²) >= 11 is 0. The van der Waals surface area contributed by atoms with E-state index in [0.29, 0.717) is 16.8 Å². The van der Waals surface area contributed by atoms with Gasteiger partial charge in [-0.05, 0) is 5.56 Å². The highest BCUT2D eigenvalue weighted by Crippen LogP contribution is 2.31. The van der Waals surface area contributed by atoms with Gasteiger partial charge in [0, 0.05) is 11.1 Å². The summed E-state index contributed by atoms with van der Waals surface area (Å²) in [6.07, 6.45) is 0. The van der Waals surface area contributed by atoms with Crippen molar-refractivity contribution in [2.75, 3.05) is 6.61 Å². The van der Waals surface area contributed by atoms with Crippen molar-refractivity contribution >= 4 is 11.9 Å². The zero-order chi connectivity index (χ0) is 20.1. The number of rotatable bonds is 6. The molecular weight excluding hydrogens is 362 g/mol. The topological polar surface area (TPSA) is 132 Å². The van der Waals surface area contributed by atoms with E-state index >= 15 is 0 Å². The first-order chi connectivity index (χ1) is 13.5. The highest BCUT2D eigenvalue weighted by Gasteiger charge is 2.26. The lowest BCUT2D eigenvalue weighted by molar-refractivity contribution is -0.140. The van der Waals surface area contributed by atoms with E-state index in [4.69, 9.17) is 5.11 Å². The number of aromatic nitrogens is 2. The molecule has 1 unspecified atom stereocenters. The van der Waals surface area contributed by atoms with E-state index in [9.17, 15) is 19.5 Å². The molecule has 1 amide bonds. The van der Waals surface area contributed by atoms with Gasteiger partial charge < -0.3 is 15.5 Å². The lowest BCUT2D eigenvalue weighted by atomic mass is 9.95. The third kappa shape index (κ3) is 3.81. The molecule has 4 N–H and O–H groups in total. The summed E-state index contributed by atoms with van der Waals surface area (Å²) < 4.78 is 0. The van der Waals surface area contributed by atoms with Gasteiger partial charge in [-0.2, -0.15) is 5.10 Å². The van der Waals surface area contributed by atoms with Gasteiger partial charge in [-0.25, -0.2) is 9.89 Å². The monoisotopic (exact) mass is 379 g/mol. The molecule has 1 heterocycles. The van der Waals surface area contributed by atoms with E-state index in [2.05, 4.69) is 15.5 Å². The van der Waals surface area contributed by atoms with Crippen LogP contribution in [-0.4, -0.2) is 44.9 Å². The van der Waals surface area contributed by atoms with Gasteiger partial charge in [-0.1, -0.05) is 60.7 Å². The van der Waals surface area contributed by atoms with Crippen molar-refractivity contribution in [2.24, 2.45) is 0 Å². The van der Waals surface area contributed by atoms with Crippen LogP contribution in [0.2, 0.25) is 0 Å². The van der Waals surface area contributed by atoms with Crippen molar-refractivity contribution in [1.29, 1.82) is 0 Å². The second-order valence-electron chi connectivity index (χ2n) is 5.93. The summed E-state index contributed by atoms with van der Waals surface area (Å²) in [6.45, 7) is -0.809. The first-order valence-corrected chi connectivity index (χ1v) is 8.41. The maximum absolute atomic E-state index is 12.8. The number of aliphatic hydroxyl groups is 1. The predicted molar refractivity (Wildman–Crippen MR) is 102 cm³/mol. The molecule has 0 aliphatic carbocycles. The third-order valence-electron chi connectivity index (χ3n) is 4.11. The summed E-state index contributed by atoms with van der Waals surface area (Å²) in [6, 6.07) is 16.2. The van der Waals surface area contributed by atoms with Crippen molar-refractivity contribution in [1.82, 2.24) is 15.5 Å². The van der Waals surface area contributed by atoms with Crippen molar-refractivity contribution in [2.45, 2.75) is 6.04 Å². The molecule has 1 atom stereocenters. The van der Waals surface area contributed by atoms with Crippen LogP contribution in [0.1, 0.15) is 10.4 Å². The van der Waals surface area contributed by atoms with Crippen LogP contribution in [0.4, 0.5) is 0 Å². The van der Waals surface area contributed by atoms with Crippen LogP contribution < -0.4 is 10.9 Å². The molecule has 0 saturated carbocycles. The summed E-state index contributed by atoms with van der Waals surface area (Å²) in [7, 11) is 0. The van der Waals surface area contributed by atoms with Gasteiger partial charge in [0.05, 0.1) is 12.3 Å². The molecule has 0 spiro atoms. The molecule has 0 aliphatic heterocycles. The predicted octanol–water partition coefficient (Wildman–Crippen LogP) is 1.28. The lowest BCUT2D eigenvalue weighted by Gasteiger charge is -2.16. The van der Waals surface area contributed by atoms with E-state index in [0.717, 1.165) is 0 Å². The number of H-pyrrole nitrogens is 1. The molecule has 0 fully saturated rings. The number of hydrogen-bond donors (Lipinski definition) is 4. The second-order valence-corrected chi connectivity index (χ2v) is 5.93. The zero-order valence-corrected chi connectivity index (χ0v) is 14.6. The summed E-state index contributed by atoms with van der Waals surface area (Å²) in [4.78, 5) is 36.4. The number of hydrogen-bond acceptors (Lipinski definition) is 5. The largest absolute Gasteiger partial charge is 0.480 e. The Bertz CT molecular complexity index is 1050. The van der Waals surface area contributed by atoms with Gasteiger partial charge in [0.1, 0.15) is 5.56 Å². The van der Waals surface area contributed by atoms with Crippen molar-refractivity contribution in [3.8, 4) is 22.4 Å². The van der Waals surface area contributed by atoms with Crippen LogP contribution in [0.5, 0.6) is 0 Å². The molecular formula is C20H17N3O5. The van der Waals surface area contributed by atoms with E-state index < -0.39 is 30.1 Å². The Hall–Kier alpha value is -3.78. The summed E-state index contributed by atoms with van der Waals surface area (Å²) in [5.41, 5.74) is 0.838. The second kappa shape index (κ2) is 8.28. The number of aliphatic carboxylic acids is 1. The number of amides is 1. The van der Waals surface area contributed by atoms with Gasteiger partial charge in [0.2, 0.25) is 0 Å². The number of carbonyl (C=O) groups excluding carboxylic acids is 1. The van der Waals surface area contributed by atoms with Crippen molar-refractivity contribution in [3.05, 3.63) is 76.6 Å². The Morgan fingerprint density at radius 2 is 1.57 bits per heavy atom. The molecule has 3 aromatic rings. The normalized spacial score (nSPS) is 11.6. The molecule has 0 radical (unpaired) electrons. The smallest absolute Gasteiger partial charge is 0.328 e. The average Bonchev–Trinajstić information content (AvgIpc) is 2.72. The quantitative estimate of drug-likeness (QED) is 0.510. The average molecular weight is 379 g/mol. The number of carboxylic acids is 1. The van der Waals surface area contributed by atoms with Gasteiger partial charge in [-0.15, -0.1) is 0 Å². The summed E-state index contributed by atoms with van der Waals surface area (Å²) in [5, 5.41) is 26.9. The third-order valence-corrected chi connectivity index (χ3v) is 4.11. The van der Waals surface area contributed by atoms with Crippen LogP contribution >= 0.6 is 0 Å². The molecule has 3 rings (SSSR count). The Morgan fingerprint density at radius 3 is 2.11 bits per heavy atom. The minimum Gasteiger partial charge on any atom is -0.480 e. The molecule has 28 heavy (non-hydrogen) atoms. The van der Waals surface area contributed by atoms with Crippen molar-refractivity contribution in [3.63, 3.8) is 0 Å². The molecule has 1 aromatic heterocycles. The standard InChI is InChI=1S/C20H17N3O5/c24-11-14(20(27)28)21-18(25)16-15(12-7-3-1-4-8-12)17(22-23-19(16)26)13-9-5-2-6-10-13/h1-10,14,24H,11H2,(H,21,25)(H,23,26)(H,27,28). The van der Waals surface area contributed by atoms with E-state index in [1.54, 1.807) is 54.6 Å². The van der Waals surface area contributed by atoms with Crippen LogP contribution in [-0.2, 0) is 4.79 Å². The van der Waals surface area contributed by atoms with Gasteiger partial charge >= 0.3 is 5.97 Å². The van der Waals surface area contributed by atoms with E-state index in [1.165, 1.54) is 0 Å². The maximum Gasteiger partial charge on any atom is 0.328 e. The van der Waals surface area contributed by atoms with Gasteiger partial charge in [0.15, 0.2) is 6.04 Å². The molecule has 142 valence electrons. The minimum atomic E-state index is -1.54. The summed E-state index contributed by atoms with van der Waals surface area (Å²) in [5.74, 6) is -2.33. The fourth-order valence-corrected chi connectivity index (χ4v) is 2.77. The molecule has 8 heteroatoms. The molecule has 0 saturated heterocycles. The Morgan fingerprint density at radius 1 is 1.00 bits per heavy atom. The SMILES string of the molecule is O=C(NC(CO)C(=O)O)c1c(-c2ccccc2)c(-c2ccccc2)n[nH]c1=O. The van der Waals surface area contributed by atoms with Crippen LogP contribution in [0.25, 0.3) is 22.4 Å². The number of nitrogens with zero attached hydrogens (tertiary/aromatic N) is 1. The van der Waals surface area contributed by atoms with Gasteiger partial charge in [-0.3, -0.25) is 9.59 Å². The van der Waals surface area contributed by atoms with Crippen molar-refractivity contribution < 1.29 is 19.8 Å². The number of aliphatic hydroxyl groups excluding tert-OH is 1. The number of benzene rings is 2. The molecule has 2 aromatic carbocycles. The van der Waals surface area contributed by atoms with E-state index in [-0.39, 0.29) is 11.1 Å². The zero-order valence-electron chi connectivity index (χ0n) is 14.6. The molecule has 0 aliphatic rings. The number of carbonyl (C=O) groups is 2. The number of nitrogens with one attached hydrogen (secondary N) is 2. The maximum atomic E-state index is 12.8. The molecule has 0 bridgehead atoms. The van der Waals surface area contributed by atoms with Crippen LogP contribution in [0.3, 0.4) is 0 Å². The number of aromatic amines is 1. The first kappa shape index (κ1) is 19.0. The Balaban J connectivity index is 2.23. The lowest BCUT2D eigenvalue weighted by Crippen LogP contribution is -2.45. The minimum absolute atomic E-state index is 0.273. The highest BCUT2D eigenvalue weighted by atomic mass is 16.4. The molecule has 8 nitrogen and oxygen atoms in total. The fourth-order valence-electron chi connectivity index (χ4n) is 2.77. The van der Waals surface area contributed by atoms with E-state index in [1.807, 2.05) is 6.07 Å². The fraction of sp³-hybridized carbons (Fsp3) is 0.100. The first-order valence-electron chi connectivity index (χ1n) is 8.41. The Labute approximate surface area is 159 Å². The Kier molecular flexibility index (Phi) is 5.61. The highest BCUT2D eigenvalue weighted by molar-refractivity contribution is 6.04. The van der Waals surface area contributed by atoms with Crippen LogP contribution in [0, 0.1) is 0 Å². The van der Waals surface area contributed by atoms with Crippen LogP contribution in [0.15, 0.2) is 65.5 Å².